The third kappa shape index (κ3) is 2.39. The monoisotopic (exact) mass is 181 g/mol. The second-order valence-electron chi connectivity index (χ2n) is 2.68. The lowest BCUT2D eigenvalue weighted by Gasteiger charge is -2.11. The Morgan fingerprint density at radius 3 is 2.92 bits per heavy atom. The van der Waals surface area contributed by atoms with Crippen LogP contribution in [0.2, 0.25) is 0 Å². The molecule has 1 atom stereocenters. The summed E-state index contributed by atoms with van der Waals surface area (Å²) in [4.78, 5) is 8.44. The Balaban J connectivity index is 2.86. The van der Waals surface area contributed by atoms with Gasteiger partial charge in [0, 0.05) is 20.4 Å². The summed E-state index contributed by atoms with van der Waals surface area (Å²) in [5.41, 5.74) is 0. The first kappa shape index (κ1) is 9.92. The van der Waals surface area contributed by atoms with Gasteiger partial charge in [-0.05, 0) is 12.5 Å². The summed E-state index contributed by atoms with van der Waals surface area (Å²) < 4.78 is 5.23. The molecule has 4 nitrogen and oxygen atoms in total. The Morgan fingerprint density at radius 1 is 1.62 bits per heavy atom. The van der Waals surface area contributed by atoms with Crippen molar-refractivity contribution in [2.75, 3.05) is 19.5 Å². The average molecular weight is 181 g/mol. The third-order valence-electron chi connectivity index (χ3n) is 1.87. The molecule has 0 bridgehead atoms. The van der Waals surface area contributed by atoms with Crippen molar-refractivity contribution in [3.05, 3.63) is 18.1 Å². The third-order valence-corrected chi connectivity index (χ3v) is 1.87. The van der Waals surface area contributed by atoms with E-state index in [0.717, 1.165) is 18.1 Å². The van der Waals surface area contributed by atoms with Gasteiger partial charge in [-0.1, -0.05) is 6.92 Å². The number of hydrogen-bond donors (Lipinski definition) is 1. The quantitative estimate of drug-likeness (QED) is 0.766. The van der Waals surface area contributed by atoms with Gasteiger partial charge in [-0.3, -0.25) is 0 Å². The second-order valence-corrected chi connectivity index (χ2v) is 2.68. The maximum atomic E-state index is 5.23. The number of ether oxygens (including phenoxy) is 1. The number of methoxy groups -OCH3 is 1. The Bertz CT molecular complexity index is 261. The van der Waals surface area contributed by atoms with Crippen molar-refractivity contribution in [2.45, 2.75) is 19.4 Å². The lowest BCUT2D eigenvalue weighted by Crippen LogP contribution is -2.06. The number of anilines is 1. The Labute approximate surface area is 78.4 Å². The summed E-state index contributed by atoms with van der Waals surface area (Å²) in [5.74, 6) is 1.55. The molecule has 1 rings (SSSR count). The van der Waals surface area contributed by atoms with Gasteiger partial charge in [-0.15, -0.1) is 0 Å². The SMILES string of the molecule is CCC(OC)c1nccc(NC)n1. The fraction of sp³-hybridized carbons (Fsp3) is 0.556. The largest absolute Gasteiger partial charge is 0.373 e. The predicted molar refractivity (Wildman–Crippen MR) is 51.6 cm³/mol. The van der Waals surface area contributed by atoms with E-state index in [2.05, 4.69) is 15.3 Å². The summed E-state index contributed by atoms with van der Waals surface area (Å²) in [6.45, 7) is 2.05. The van der Waals surface area contributed by atoms with Crippen molar-refractivity contribution in [1.82, 2.24) is 9.97 Å². The molecule has 72 valence electrons. The highest BCUT2D eigenvalue weighted by Gasteiger charge is 2.10. The van der Waals surface area contributed by atoms with E-state index in [1.54, 1.807) is 13.3 Å². The van der Waals surface area contributed by atoms with Crippen LogP contribution in [0, 0.1) is 0 Å². The lowest BCUT2D eigenvalue weighted by molar-refractivity contribution is 0.0927. The van der Waals surface area contributed by atoms with Gasteiger partial charge in [0.15, 0.2) is 5.82 Å². The van der Waals surface area contributed by atoms with Gasteiger partial charge in [0.25, 0.3) is 0 Å². The van der Waals surface area contributed by atoms with E-state index in [1.165, 1.54) is 0 Å². The molecule has 0 amide bonds. The molecular formula is C9H15N3O. The van der Waals surface area contributed by atoms with Crippen LogP contribution in [0.1, 0.15) is 25.3 Å². The first-order valence-electron chi connectivity index (χ1n) is 4.35. The van der Waals surface area contributed by atoms with E-state index < -0.39 is 0 Å². The molecule has 0 aromatic carbocycles. The van der Waals surface area contributed by atoms with Gasteiger partial charge in [0.2, 0.25) is 0 Å². The molecule has 0 saturated carbocycles. The highest BCUT2D eigenvalue weighted by molar-refractivity contribution is 5.31. The molecule has 0 aliphatic carbocycles. The van der Waals surface area contributed by atoms with Crippen LogP contribution in [0.15, 0.2) is 12.3 Å². The van der Waals surface area contributed by atoms with Gasteiger partial charge >= 0.3 is 0 Å². The first-order chi connectivity index (χ1) is 6.31. The van der Waals surface area contributed by atoms with Crippen molar-refractivity contribution in [3.63, 3.8) is 0 Å². The zero-order valence-corrected chi connectivity index (χ0v) is 8.24. The van der Waals surface area contributed by atoms with Gasteiger partial charge in [-0.25, -0.2) is 9.97 Å². The van der Waals surface area contributed by atoms with Crippen LogP contribution in [0.4, 0.5) is 5.82 Å². The maximum absolute atomic E-state index is 5.23. The van der Waals surface area contributed by atoms with Crippen molar-refractivity contribution >= 4 is 5.82 Å². The van der Waals surface area contributed by atoms with Crippen LogP contribution in [0.3, 0.4) is 0 Å². The predicted octanol–water partition coefficient (Wildman–Crippen LogP) is 1.62. The van der Waals surface area contributed by atoms with Crippen molar-refractivity contribution in [1.29, 1.82) is 0 Å². The normalized spacial score (nSPS) is 12.5. The summed E-state index contributed by atoms with van der Waals surface area (Å²) >= 11 is 0. The summed E-state index contributed by atoms with van der Waals surface area (Å²) in [6, 6.07) is 1.83. The molecule has 0 aliphatic heterocycles. The standard InChI is InChI=1S/C9H15N3O/c1-4-7(13-3)9-11-6-5-8(10-2)12-9/h5-7H,4H2,1-3H3,(H,10,11,12). The topological polar surface area (TPSA) is 47.0 Å². The first-order valence-corrected chi connectivity index (χ1v) is 4.35. The molecule has 13 heavy (non-hydrogen) atoms. The van der Waals surface area contributed by atoms with Crippen LogP contribution in [0.25, 0.3) is 0 Å². The molecule has 1 aromatic heterocycles. The number of rotatable bonds is 4. The number of nitrogens with one attached hydrogen (secondary N) is 1. The molecule has 1 unspecified atom stereocenters. The van der Waals surface area contributed by atoms with Gasteiger partial charge < -0.3 is 10.1 Å². The van der Waals surface area contributed by atoms with E-state index in [-0.39, 0.29) is 6.10 Å². The van der Waals surface area contributed by atoms with Crippen LogP contribution < -0.4 is 5.32 Å². The maximum Gasteiger partial charge on any atom is 0.159 e. The van der Waals surface area contributed by atoms with Crippen LogP contribution in [-0.2, 0) is 4.74 Å². The Morgan fingerprint density at radius 2 is 2.38 bits per heavy atom. The summed E-state index contributed by atoms with van der Waals surface area (Å²) in [5, 5.41) is 2.96. The highest BCUT2D eigenvalue weighted by Crippen LogP contribution is 2.16. The Kier molecular flexibility index (Phi) is 3.64. The van der Waals surface area contributed by atoms with Gasteiger partial charge in [0.1, 0.15) is 11.9 Å². The van der Waals surface area contributed by atoms with Crippen LogP contribution >= 0.6 is 0 Å². The molecule has 4 heteroatoms. The smallest absolute Gasteiger partial charge is 0.159 e. The molecule has 0 saturated heterocycles. The molecule has 1 heterocycles. The van der Waals surface area contributed by atoms with Crippen molar-refractivity contribution in [3.8, 4) is 0 Å². The van der Waals surface area contributed by atoms with Gasteiger partial charge in [0.05, 0.1) is 0 Å². The lowest BCUT2D eigenvalue weighted by atomic mass is 10.2. The zero-order chi connectivity index (χ0) is 9.68. The highest BCUT2D eigenvalue weighted by atomic mass is 16.5. The van der Waals surface area contributed by atoms with Crippen LogP contribution in [-0.4, -0.2) is 24.1 Å². The van der Waals surface area contributed by atoms with Crippen LogP contribution in [0.5, 0.6) is 0 Å². The minimum atomic E-state index is -0.00620. The van der Waals surface area contributed by atoms with E-state index in [9.17, 15) is 0 Å². The van der Waals surface area contributed by atoms with E-state index in [1.807, 2.05) is 20.0 Å². The van der Waals surface area contributed by atoms with Crippen molar-refractivity contribution in [2.24, 2.45) is 0 Å². The fourth-order valence-electron chi connectivity index (χ4n) is 1.12. The van der Waals surface area contributed by atoms with Gasteiger partial charge in [-0.2, -0.15) is 0 Å². The fourth-order valence-corrected chi connectivity index (χ4v) is 1.12. The summed E-state index contributed by atoms with van der Waals surface area (Å²) in [6.07, 6.45) is 2.60. The van der Waals surface area contributed by atoms with Crippen molar-refractivity contribution < 1.29 is 4.74 Å². The molecular weight excluding hydrogens is 166 g/mol. The number of hydrogen-bond acceptors (Lipinski definition) is 4. The molecule has 1 aromatic rings. The minimum absolute atomic E-state index is 0.00620. The Hall–Kier alpha value is -1.16. The summed E-state index contributed by atoms with van der Waals surface area (Å²) in [7, 11) is 3.50. The molecule has 0 aliphatic rings. The molecule has 0 spiro atoms. The molecule has 0 fully saturated rings. The van der Waals surface area contributed by atoms with E-state index in [4.69, 9.17) is 4.74 Å². The van der Waals surface area contributed by atoms with E-state index >= 15 is 0 Å². The number of aromatic nitrogens is 2. The number of nitrogens with zero attached hydrogens (tertiary/aromatic N) is 2. The minimum Gasteiger partial charge on any atom is -0.373 e. The molecule has 1 N–H and O–H groups in total. The average Bonchev–Trinajstić information content (AvgIpc) is 2.20. The zero-order valence-electron chi connectivity index (χ0n) is 8.24. The molecule has 0 radical (unpaired) electrons. The van der Waals surface area contributed by atoms with E-state index in [0.29, 0.717) is 0 Å². The second kappa shape index (κ2) is 4.77.